The number of hydrogen-bond acceptors (Lipinski definition) is 6. The van der Waals surface area contributed by atoms with E-state index >= 15 is 0 Å². The highest BCUT2D eigenvalue weighted by molar-refractivity contribution is 6.23. The fourth-order valence-electron chi connectivity index (χ4n) is 4.81. The highest BCUT2D eigenvalue weighted by atomic mass is 16.3. The smallest absolute Gasteiger partial charge is 0.262 e. The number of nitrogens with one attached hydrogen (secondary N) is 1. The Morgan fingerprint density at radius 2 is 1.74 bits per heavy atom. The molecule has 1 aromatic carbocycles. The van der Waals surface area contributed by atoms with Crippen LogP contribution in [0.5, 0.6) is 0 Å². The van der Waals surface area contributed by atoms with E-state index in [2.05, 4.69) is 10.2 Å². The van der Waals surface area contributed by atoms with Gasteiger partial charge in [0, 0.05) is 13.0 Å². The van der Waals surface area contributed by atoms with E-state index in [1.54, 1.807) is 18.4 Å². The van der Waals surface area contributed by atoms with Gasteiger partial charge in [-0.15, -0.1) is 0 Å². The van der Waals surface area contributed by atoms with E-state index in [1.165, 1.54) is 5.56 Å². The van der Waals surface area contributed by atoms with Crippen LogP contribution >= 0.6 is 0 Å². The van der Waals surface area contributed by atoms with Crippen LogP contribution in [-0.2, 0) is 16.1 Å². The van der Waals surface area contributed by atoms with Crippen LogP contribution in [0, 0.1) is 0 Å². The molecule has 4 heterocycles. The van der Waals surface area contributed by atoms with E-state index < -0.39 is 23.8 Å². The minimum absolute atomic E-state index is 0.115. The summed E-state index contributed by atoms with van der Waals surface area (Å²) in [5.41, 5.74) is 2.86. The van der Waals surface area contributed by atoms with E-state index in [-0.39, 0.29) is 18.7 Å². The molecule has 1 aromatic heterocycles. The van der Waals surface area contributed by atoms with E-state index in [4.69, 9.17) is 4.42 Å². The Balaban J connectivity index is 1.27. The number of fused-ring (bicyclic) bond motifs is 1. The van der Waals surface area contributed by atoms with Crippen molar-refractivity contribution in [2.24, 2.45) is 0 Å². The molecular weight excluding hydrogens is 398 g/mol. The van der Waals surface area contributed by atoms with Gasteiger partial charge in [0.25, 0.3) is 11.8 Å². The molecule has 8 heteroatoms. The highest BCUT2D eigenvalue weighted by Crippen LogP contribution is 2.31. The maximum Gasteiger partial charge on any atom is 0.262 e. The van der Waals surface area contributed by atoms with Crippen LogP contribution in [0.25, 0.3) is 0 Å². The predicted octanol–water partition coefficient (Wildman–Crippen LogP) is 2.06. The number of benzene rings is 1. The summed E-state index contributed by atoms with van der Waals surface area (Å²) in [6, 6.07) is 6.41. The monoisotopic (exact) mass is 421 g/mol. The second-order valence-electron chi connectivity index (χ2n) is 8.43. The zero-order valence-corrected chi connectivity index (χ0v) is 17.0. The first kappa shape index (κ1) is 19.7. The Hall–Kier alpha value is -3.26. The average molecular weight is 421 g/mol. The van der Waals surface area contributed by atoms with Crippen LogP contribution in [0.4, 0.5) is 0 Å². The molecule has 1 N–H and O–H groups in total. The fourth-order valence-corrected chi connectivity index (χ4v) is 4.81. The third kappa shape index (κ3) is 3.57. The van der Waals surface area contributed by atoms with Crippen molar-refractivity contribution >= 4 is 23.6 Å². The van der Waals surface area contributed by atoms with Crippen molar-refractivity contribution in [1.29, 1.82) is 0 Å². The molecule has 5 rings (SSSR count). The van der Waals surface area contributed by atoms with Crippen LogP contribution in [-0.4, -0.2) is 52.6 Å². The number of likely N-dealkylation sites (tertiary alicyclic amines) is 1. The van der Waals surface area contributed by atoms with Crippen molar-refractivity contribution in [3.63, 3.8) is 0 Å². The third-order valence-electron chi connectivity index (χ3n) is 6.51. The van der Waals surface area contributed by atoms with Gasteiger partial charge in [0.15, 0.2) is 0 Å². The summed E-state index contributed by atoms with van der Waals surface area (Å²) in [6.07, 6.45) is 5.90. The number of hydrogen-bond donors (Lipinski definition) is 1. The maximum atomic E-state index is 13.0. The fraction of sp³-hybridized carbons (Fsp3) is 0.391. The van der Waals surface area contributed by atoms with E-state index in [0.29, 0.717) is 23.6 Å². The van der Waals surface area contributed by atoms with Crippen LogP contribution in [0.15, 0.2) is 41.2 Å². The molecule has 31 heavy (non-hydrogen) atoms. The van der Waals surface area contributed by atoms with Crippen LogP contribution in [0.3, 0.4) is 0 Å². The first-order chi connectivity index (χ1) is 15.0. The number of imide groups is 2. The third-order valence-corrected chi connectivity index (χ3v) is 6.51. The molecule has 3 aliphatic heterocycles. The lowest BCUT2D eigenvalue weighted by Gasteiger charge is -2.31. The Kier molecular flexibility index (Phi) is 4.94. The number of amides is 4. The van der Waals surface area contributed by atoms with Gasteiger partial charge in [-0.25, -0.2) is 0 Å². The lowest BCUT2D eigenvalue weighted by atomic mass is 9.91. The summed E-state index contributed by atoms with van der Waals surface area (Å²) in [5.74, 6) is -1.39. The average Bonchev–Trinajstić information content (AvgIpc) is 3.37. The molecule has 0 aliphatic carbocycles. The number of carbonyl (C=O) groups is 4. The molecule has 2 aromatic rings. The molecule has 1 atom stereocenters. The molecule has 4 amide bonds. The van der Waals surface area contributed by atoms with Crippen molar-refractivity contribution in [2.75, 3.05) is 13.1 Å². The SMILES string of the molecule is O=C1CCC(N2C(=O)c3ccc(CN4CCC(c5ccoc5)CC4)cc3C2=O)C(=O)N1. The first-order valence-corrected chi connectivity index (χ1v) is 10.6. The van der Waals surface area contributed by atoms with Crippen molar-refractivity contribution in [1.82, 2.24) is 15.1 Å². The molecule has 0 bridgehead atoms. The largest absolute Gasteiger partial charge is 0.472 e. The van der Waals surface area contributed by atoms with Gasteiger partial charge in [-0.05, 0) is 67.6 Å². The lowest BCUT2D eigenvalue weighted by molar-refractivity contribution is -0.136. The first-order valence-electron chi connectivity index (χ1n) is 10.6. The minimum atomic E-state index is -0.935. The quantitative estimate of drug-likeness (QED) is 0.759. The van der Waals surface area contributed by atoms with Crippen molar-refractivity contribution in [3.05, 3.63) is 59.0 Å². The van der Waals surface area contributed by atoms with Crippen molar-refractivity contribution in [2.45, 2.75) is 44.2 Å². The normalized spacial score (nSPS) is 22.7. The van der Waals surface area contributed by atoms with Crippen LogP contribution < -0.4 is 5.32 Å². The van der Waals surface area contributed by atoms with Gasteiger partial charge >= 0.3 is 0 Å². The van der Waals surface area contributed by atoms with E-state index in [0.717, 1.165) is 36.4 Å². The van der Waals surface area contributed by atoms with E-state index in [9.17, 15) is 19.2 Å². The van der Waals surface area contributed by atoms with Gasteiger partial charge in [-0.1, -0.05) is 6.07 Å². The molecule has 0 radical (unpaired) electrons. The number of furan rings is 1. The molecule has 3 aliphatic rings. The van der Waals surface area contributed by atoms with Gasteiger partial charge in [0.05, 0.1) is 23.7 Å². The Morgan fingerprint density at radius 3 is 2.45 bits per heavy atom. The second kappa shape index (κ2) is 7.77. The molecule has 2 saturated heterocycles. The van der Waals surface area contributed by atoms with Crippen molar-refractivity contribution < 1.29 is 23.6 Å². The zero-order valence-electron chi connectivity index (χ0n) is 17.0. The molecule has 8 nitrogen and oxygen atoms in total. The van der Waals surface area contributed by atoms with Crippen LogP contribution in [0.2, 0.25) is 0 Å². The van der Waals surface area contributed by atoms with Gasteiger partial charge < -0.3 is 4.42 Å². The predicted molar refractivity (Wildman–Crippen MR) is 109 cm³/mol. The van der Waals surface area contributed by atoms with Crippen LogP contribution in [0.1, 0.15) is 63.4 Å². The number of piperidine rings is 2. The molecule has 0 spiro atoms. The van der Waals surface area contributed by atoms with Gasteiger partial charge in [-0.2, -0.15) is 0 Å². The Labute approximate surface area is 179 Å². The Morgan fingerprint density at radius 1 is 0.968 bits per heavy atom. The van der Waals surface area contributed by atoms with Crippen molar-refractivity contribution in [3.8, 4) is 0 Å². The highest BCUT2D eigenvalue weighted by Gasteiger charge is 2.44. The van der Waals surface area contributed by atoms with Gasteiger partial charge in [-0.3, -0.25) is 34.3 Å². The maximum absolute atomic E-state index is 13.0. The second-order valence-corrected chi connectivity index (χ2v) is 8.43. The lowest BCUT2D eigenvalue weighted by Crippen LogP contribution is -2.54. The number of carbonyl (C=O) groups excluding carboxylic acids is 4. The summed E-state index contributed by atoms with van der Waals surface area (Å²) in [4.78, 5) is 52.7. The topological polar surface area (TPSA) is 99.9 Å². The minimum Gasteiger partial charge on any atom is -0.472 e. The number of rotatable bonds is 4. The summed E-state index contributed by atoms with van der Waals surface area (Å²) in [7, 11) is 0. The number of nitrogens with zero attached hydrogens (tertiary/aromatic N) is 2. The standard InChI is InChI=1S/C23H23N3O5/c27-20-4-3-19(21(28)24-20)26-22(29)17-2-1-14(11-18(17)23(26)30)12-25-8-5-15(6-9-25)16-7-10-31-13-16/h1-2,7,10-11,13,15,19H,3-6,8-9,12H2,(H,24,27,28). The molecule has 160 valence electrons. The molecule has 0 saturated carbocycles. The molecule has 1 unspecified atom stereocenters. The summed E-state index contributed by atoms with van der Waals surface area (Å²) >= 11 is 0. The summed E-state index contributed by atoms with van der Waals surface area (Å²) in [6.45, 7) is 2.59. The van der Waals surface area contributed by atoms with Gasteiger partial charge in [0.1, 0.15) is 6.04 Å². The molecule has 2 fully saturated rings. The Bertz CT molecular complexity index is 1050. The summed E-state index contributed by atoms with van der Waals surface area (Å²) < 4.78 is 5.20. The molecular formula is C23H23N3O5. The van der Waals surface area contributed by atoms with E-state index in [1.807, 2.05) is 18.4 Å². The zero-order chi connectivity index (χ0) is 21.5. The summed E-state index contributed by atoms with van der Waals surface area (Å²) in [5, 5.41) is 2.22. The van der Waals surface area contributed by atoms with Gasteiger partial charge in [0.2, 0.25) is 11.8 Å².